The molecule has 3 heterocycles. The van der Waals surface area contributed by atoms with Crippen LogP contribution >= 0.6 is 0 Å². The number of anilines is 1. The molecule has 0 amide bonds. The summed E-state index contributed by atoms with van der Waals surface area (Å²) < 4.78 is 39.1. The zero-order chi connectivity index (χ0) is 15.7. The third kappa shape index (κ3) is 3.05. The van der Waals surface area contributed by atoms with Gasteiger partial charge in [-0.1, -0.05) is 6.92 Å². The van der Waals surface area contributed by atoms with Crippen LogP contribution in [0.15, 0.2) is 18.5 Å². The van der Waals surface area contributed by atoms with Gasteiger partial charge in [0.25, 0.3) is 0 Å². The second-order valence-electron chi connectivity index (χ2n) is 5.92. The van der Waals surface area contributed by atoms with E-state index in [1.807, 2.05) is 0 Å². The van der Waals surface area contributed by atoms with E-state index in [0.717, 1.165) is 38.9 Å². The van der Waals surface area contributed by atoms with Crippen molar-refractivity contribution in [1.82, 2.24) is 14.8 Å². The molecule has 0 spiro atoms. The van der Waals surface area contributed by atoms with E-state index in [1.165, 1.54) is 12.3 Å². The van der Waals surface area contributed by atoms with Gasteiger partial charge in [-0.15, -0.1) is 0 Å². The summed E-state index contributed by atoms with van der Waals surface area (Å²) in [4.78, 5) is 10.2. The maximum atomic E-state index is 13.0. The Kier molecular flexibility index (Phi) is 4.27. The molecule has 4 nitrogen and oxygen atoms in total. The summed E-state index contributed by atoms with van der Waals surface area (Å²) in [6.07, 6.45) is -2.00. The highest BCUT2D eigenvalue weighted by Crippen LogP contribution is 2.37. The normalized spacial score (nSPS) is 21.9. The second-order valence-corrected chi connectivity index (χ2v) is 5.92. The van der Waals surface area contributed by atoms with E-state index < -0.39 is 11.7 Å². The molecule has 0 aromatic carbocycles. The van der Waals surface area contributed by atoms with Crippen molar-refractivity contribution >= 4 is 5.69 Å². The first-order valence-electron chi connectivity index (χ1n) is 7.71. The number of piperazine rings is 1. The number of alkyl halides is 3. The van der Waals surface area contributed by atoms with Crippen LogP contribution in [0.1, 0.15) is 12.5 Å². The molecule has 0 aliphatic carbocycles. The van der Waals surface area contributed by atoms with Gasteiger partial charge in [-0.3, -0.25) is 9.88 Å². The maximum Gasteiger partial charge on any atom is 0.419 e. The van der Waals surface area contributed by atoms with E-state index >= 15 is 0 Å². The summed E-state index contributed by atoms with van der Waals surface area (Å²) in [5.74, 6) is 0. The first-order valence-corrected chi connectivity index (χ1v) is 7.71. The molecular weight excluding hydrogens is 293 g/mol. The van der Waals surface area contributed by atoms with Crippen LogP contribution in [0.5, 0.6) is 0 Å². The van der Waals surface area contributed by atoms with Crippen LogP contribution in [-0.2, 0) is 6.18 Å². The number of halogens is 3. The van der Waals surface area contributed by atoms with E-state index in [9.17, 15) is 13.2 Å². The number of pyridine rings is 1. The molecular formula is C15H21F3N4. The Balaban J connectivity index is 1.60. The van der Waals surface area contributed by atoms with E-state index in [0.29, 0.717) is 19.1 Å². The minimum atomic E-state index is -4.35. The lowest BCUT2D eigenvalue weighted by Crippen LogP contribution is -2.63. The smallest absolute Gasteiger partial charge is 0.368 e. The number of nitrogens with zero attached hydrogens (tertiary/aromatic N) is 4. The van der Waals surface area contributed by atoms with Crippen molar-refractivity contribution in [3.8, 4) is 0 Å². The number of hydrogen-bond donors (Lipinski definition) is 0. The number of hydrogen-bond acceptors (Lipinski definition) is 4. The Morgan fingerprint density at radius 3 is 2.45 bits per heavy atom. The molecule has 0 bridgehead atoms. The van der Waals surface area contributed by atoms with Gasteiger partial charge in [0.05, 0.1) is 11.3 Å². The molecule has 7 heteroatoms. The van der Waals surface area contributed by atoms with Crippen molar-refractivity contribution < 1.29 is 13.2 Å². The molecule has 2 aliphatic rings. The summed E-state index contributed by atoms with van der Waals surface area (Å²) >= 11 is 0. The minimum absolute atomic E-state index is 0.256. The van der Waals surface area contributed by atoms with Crippen LogP contribution in [-0.4, -0.2) is 66.6 Å². The zero-order valence-electron chi connectivity index (χ0n) is 12.7. The molecule has 22 heavy (non-hydrogen) atoms. The van der Waals surface area contributed by atoms with Crippen molar-refractivity contribution in [3.05, 3.63) is 24.0 Å². The van der Waals surface area contributed by atoms with Gasteiger partial charge in [-0.2, -0.15) is 13.2 Å². The quantitative estimate of drug-likeness (QED) is 0.850. The van der Waals surface area contributed by atoms with E-state index in [4.69, 9.17) is 0 Å². The molecule has 1 aromatic heterocycles. The molecule has 0 saturated carbocycles. The van der Waals surface area contributed by atoms with Crippen molar-refractivity contribution in [1.29, 1.82) is 0 Å². The highest BCUT2D eigenvalue weighted by molar-refractivity contribution is 5.56. The summed E-state index contributed by atoms with van der Waals surface area (Å²) in [6.45, 7) is 8.67. The molecule has 1 aromatic rings. The Labute approximate surface area is 128 Å². The number of aromatic nitrogens is 1. The molecule has 0 radical (unpaired) electrons. The van der Waals surface area contributed by atoms with Gasteiger partial charge in [-0.25, -0.2) is 0 Å². The highest BCUT2D eigenvalue weighted by atomic mass is 19.4. The van der Waals surface area contributed by atoms with Crippen LogP contribution in [0.2, 0.25) is 0 Å². The van der Waals surface area contributed by atoms with Gasteiger partial charge >= 0.3 is 6.18 Å². The fraction of sp³-hybridized carbons (Fsp3) is 0.667. The molecule has 0 N–H and O–H groups in total. The number of rotatable bonds is 3. The van der Waals surface area contributed by atoms with E-state index in [1.54, 1.807) is 4.90 Å². The van der Waals surface area contributed by atoms with Gasteiger partial charge in [-0.05, 0) is 12.6 Å². The molecule has 2 saturated heterocycles. The fourth-order valence-electron chi connectivity index (χ4n) is 3.21. The van der Waals surface area contributed by atoms with Crippen molar-refractivity contribution in [3.63, 3.8) is 0 Å². The fourth-order valence-corrected chi connectivity index (χ4v) is 3.21. The maximum absolute atomic E-state index is 13.0. The second kappa shape index (κ2) is 6.04. The minimum Gasteiger partial charge on any atom is -0.368 e. The molecule has 0 atom stereocenters. The average molecular weight is 314 g/mol. The SMILES string of the molecule is CCN1CCN(C2CN(c3ccncc3C(F)(F)F)C2)CC1. The lowest BCUT2D eigenvalue weighted by Gasteiger charge is -2.49. The molecule has 2 aliphatic heterocycles. The molecule has 122 valence electrons. The monoisotopic (exact) mass is 314 g/mol. The Morgan fingerprint density at radius 2 is 1.86 bits per heavy atom. The first-order chi connectivity index (χ1) is 10.5. The van der Waals surface area contributed by atoms with Gasteiger partial charge in [0.2, 0.25) is 0 Å². The Bertz CT molecular complexity index is 506. The predicted octanol–water partition coefficient (Wildman–Crippen LogP) is 1.93. The van der Waals surface area contributed by atoms with Gasteiger partial charge in [0, 0.05) is 57.7 Å². The van der Waals surface area contributed by atoms with Gasteiger partial charge in [0.15, 0.2) is 0 Å². The lowest BCUT2D eigenvalue weighted by atomic mass is 10.0. The molecule has 2 fully saturated rings. The van der Waals surface area contributed by atoms with Crippen LogP contribution in [0.25, 0.3) is 0 Å². The topological polar surface area (TPSA) is 22.6 Å². The van der Waals surface area contributed by atoms with Gasteiger partial charge < -0.3 is 9.80 Å². The third-order valence-electron chi connectivity index (χ3n) is 4.68. The van der Waals surface area contributed by atoms with E-state index in [2.05, 4.69) is 21.7 Å². The van der Waals surface area contributed by atoms with Crippen molar-refractivity contribution in [2.24, 2.45) is 0 Å². The number of likely N-dealkylation sites (N-methyl/N-ethyl adjacent to an activating group) is 1. The van der Waals surface area contributed by atoms with Gasteiger partial charge in [0.1, 0.15) is 0 Å². The Hall–Kier alpha value is -1.34. The molecule has 3 rings (SSSR count). The van der Waals surface area contributed by atoms with Crippen molar-refractivity contribution in [2.45, 2.75) is 19.1 Å². The standard InChI is InChI=1S/C15H21F3N4/c1-2-20-5-7-21(8-6-20)12-10-22(11-12)14-3-4-19-9-13(14)15(16,17)18/h3-4,9,12H,2,5-8,10-11H2,1H3. The summed E-state index contributed by atoms with van der Waals surface area (Å²) in [5.41, 5.74) is -0.379. The summed E-state index contributed by atoms with van der Waals surface area (Å²) in [5, 5.41) is 0. The van der Waals surface area contributed by atoms with E-state index in [-0.39, 0.29) is 5.69 Å². The highest BCUT2D eigenvalue weighted by Gasteiger charge is 2.39. The summed E-state index contributed by atoms with van der Waals surface area (Å²) in [7, 11) is 0. The summed E-state index contributed by atoms with van der Waals surface area (Å²) in [6, 6.07) is 1.84. The van der Waals surface area contributed by atoms with Crippen LogP contribution in [0, 0.1) is 0 Å². The predicted molar refractivity (Wildman–Crippen MR) is 78.9 cm³/mol. The Morgan fingerprint density at radius 1 is 1.18 bits per heavy atom. The van der Waals surface area contributed by atoms with Crippen LogP contribution in [0.4, 0.5) is 18.9 Å². The van der Waals surface area contributed by atoms with Crippen molar-refractivity contribution in [2.75, 3.05) is 50.7 Å². The first kappa shape index (κ1) is 15.6. The third-order valence-corrected chi connectivity index (χ3v) is 4.68. The molecule has 0 unspecified atom stereocenters. The van der Waals surface area contributed by atoms with Crippen LogP contribution in [0.3, 0.4) is 0 Å². The zero-order valence-corrected chi connectivity index (χ0v) is 12.7. The lowest BCUT2D eigenvalue weighted by molar-refractivity contribution is -0.137. The average Bonchev–Trinajstić information content (AvgIpc) is 2.46. The van der Waals surface area contributed by atoms with Crippen LogP contribution < -0.4 is 4.90 Å². The largest absolute Gasteiger partial charge is 0.419 e.